The number of rotatable bonds is 3. The molecule has 10 aromatic carbocycles. The molecule has 1 heteroatoms. The molecular formula is C59H47N. The third-order valence-electron chi connectivity index (χ3n) is 13.6. The Morgan fingerprint density at radius 2 is 0.800 bits per heavy atom. The Morgan fingerprint density at radius 1 is 0.333 bits per heavy atom. The standard InChI is InChI=1S/C36H29N.C23H18/c1-36(2)33-22-26-14-8-7-13-25(26)20-31(33)32-21-27-17-18-29(19-28(27)23-34(32)36)37(3)35-16-10-9-15-30(35)24-11-5-4-6-12-24;1-23(2)21-17-9-5-3-7-15(17)11-13-19(21)20-14-12-16-8-4-6-10-18(16)22(20)23/h4-23H,1-3H3;3-14H,1-2H3. The minimum atomic E-state index is -0.0370. The van der Waals surface area contributed by atoms with Gasteiger partial charge < -0.3 is 4.90 Å². The van der Waals surface area contributed by atoms with Crippen LogP contribution in [0.1, 0.15) is 49.9 Å². The minimum Gasteiger partial charge on any atom is -0.344 e. The highest BCUT2D eigenvalue weighted by Crippen LogP contribution is 2.54. The zero-order valence-electron chi connectivity index (χ0n) is 34.9. The van der Waals surface area contributed by atoms with Crippen molar-refractivity contribution in [1.29, 1.82) is 0 Å². The minimum absolute atomic E-state index is 0.0202. The van der Waals surface area contributed by atoms with Crippen LogP contribution in [0.3, 0.4) is 0 Å². The van der Waals surface area contributed by atoms with Gasteiger partial charge in [-0.3, -0.25) is 0 Å². The molecule has 2 aliphatic carbocycles. The molecule has 0 saturated heterocycles. The van der Waals surface area contributed by atoms with Gasteiger partial charge >= 0.3 is 0 Å². The molecule has 0 spiro atoms. The molecule has 10 aromatic rings. The lowest BCUT2D eigenvalue weighted by Gasteiger charge is -2.24. The van der Waals surface area contributed by atoms with Gasteiger partial charge in [0.05, 0.1) is 0 Å². The van der Waals surface area contributed by atoms with Crippen molar-refractivity contribution in [2.75, 3.05) is 11.9 Å². The van der Waals surface area contributed by atoms with Crippen molar-refractivity contribution in [3.05, 3.63) is 216 Å². The second-order valence-corrected chi connectivity index (χ2v) is 17.8. The third-order valence-corrected chi connectivity index (χ3v) is 13.6. The second kappa shape index (κ2) is 13.5. The van der Waals surface area contributed by atoms with Crippen LogP contribution in [0.5, 0.6) is 0 Å². The summed E-state index contributed by atoms with van der Waals surface area (Å²) in [5.74, 6) is 0. The van der Waals surface area contributed by atoms with Crippen molar-refractivity contribution < 1.29 is 0 Å². The molecule has 12 rings (SSSR count). The van der Waals surface area contributed by atoms with Crippen molar-refractivity contribution in [3.8, 4) is 33.4 Å². The molecule has 0 radical (unpaired) electrons. The van der Waals surface area contributed by atoms with Gasteiger partial charge in [-0.15, -0.1) is 0 Å². The SMILES string of the molecule is CC1(C)c2c(ccc3ccccc23)-c2ccc3ccccc3c21.CN(c1ccc2cc3c(cc2c1)C(C)(C)c1cc2ccccc2cc1-3)c1ccccc1-c1ccccc1. The van der Waals surface area contributed by atoms with Gasteiger partial charge in [0, 0.05) is 34.8 Å². The molecular weight excluding hydrogens is 723 g/mol. The van der Waals surface area contributed by atoms with Crippen LogP contribution in [0.25, 0.3) is 76.5 Å². The summed E-state index contributed by atoms with van der Waals surface area (Å²) in [6.07, 6.45) is 0. The number of hydrogen-bond acceptors (Lipinski definition) is 1. The molecule has 288 valence electrons. The Morgan fingerprint density at radius 3 is 1.42 bits per heavy atom. The average molecular weight is 770 g/mol. The van der Waals surface area contributed by atoms with Crippen LogP contribution in [0.4, 0.5) is 11.4 Å². The number of benzene rings is 10. The van der Waals surface area contributed by atoms with E-state index in [2.05, 4.69) is 234 Å². The molecule has 0 fully saturated rings. The fourth-order valence-corrected chi connectivity index (χ4v) is 10.6. The number of anilines is 2. The zero-order chi connectivity index (χ0) is 40.8. The maximum absolute atomic E-state index is 2.43. The van der Waals surface area contributed by atoms with E-state index in [1.807, 2.05) is 0 Å². The van der Waals surface area contributed by atoms with Gasteiger partial charge in [-0.2, -0.15) is 0 Å². The first-order chi connectivity index (χ1) is 29.2. The molecule has 2 aliphatic rings. The highest BCUT2D eigenvalue weighted by Gasteiger charge is 2.38. The summed E-state index contributed by atoms with van der Waals surface area (Å²) in [6, 6.07) is 71.1. The van der Waals surface area contributed by atoms with E-state index in [0.717, 1.165) is 0 Å². The van der Waals surface area contributed by atoms with Crippen LogP contribution in [0, 0.1) is 0 Å². The van der Waals surface area contributed by atoms with E-state index in [1.165, 1.54) is 110 Å². The topological polar surface area (TPSA) is 3.24 Å². The van der Waals surface area contributed by atoms with Crippen molar-refractivity contribution in [2.45, 2.75) is 38.5 Å². The summed E-state index contributed by atoms with van der Waals surface area (Å²) in [4.78, 5) is 2.31. The fourth-order valence-electron chi connectivity index (χ4n) is 10.6. The van der Waals surface area contributed by atoms with E-state index in [4.69, 9.17) is 0 Å². The summed E-state index contributed by atoms with van der Waals surface area (Å²) in [7, 11) is 2.17. The summed E-state index contributed by atoms with van der Waals surface area (Å²) in [6.45, 7) is 9.47. The molecule has 1 nitrogen and oxygen atoms in total. The number of hydrogen-bond donors (Lipinski definition) is 0. The van der Waals surface area contributed by atoms with Gasteiger partial charge in [0.1, 0.15) is 0 Å². The average Bonchev–Trinajstić information content (AvgIpc) is 3.66. The van der Waals surface area contributed by atoms with E-state index in [1.54, 1.807) is 0 Å². The molecule has 0 bridgehead atoms. The van der Waals surface area contributed by atoms with Gasteiger partial charge in [-0.25, -0.2) is 0 Å². The molecule has 0 N–H and O–H groups in total. The predicted octanol–water partition coefficient (Wildman–Crippen LogP) is 16.0. The van der Waals surface area contributed by atoms with Crippen LogP contribution < -0.4 is 4.90 Å². The van der Waals surface area contributed by atoms with Gasteiger partial charge in [-0.1, -0.05) is 179 Å². The quantitative estimate of drug-likeness (QED) is 0.173. The van der Waals surface area contributed by atoms with Crippen LogP contribution in [0.15, 0.2) is 194 Å². The molecule has 0 heterocycles. The van der Waals surface area contributed by atoms with E-state index in [0.29, 0.717) is 0 Å². The Balaban J connectivity index is 0.000000152. The fraction of sp³-hybridized carbons (Fsp3) is 0.119. The third kappa shape index (κ3) is 5.53. The van der Waals surface area contributed by atoms with Gasteiger partial charge in [0.15, 0.2) is 0 Å². The first-order valence-electron chi connectivity index (χ1n) is 21.2. The smallest absolute Gasteiger partial charge is 0.0487 e. The van der Waals surface area contributed by atoms with Crippen LogP contribution in [-0.2, 0) is 10.8 Å². The Bertz CT molecular complexity index is 3240. The lowest BCUT2D eigenvalue weighted by Crippen LogP contribution is -2.16. The summed E-state index contributed by atoms with van der Waals surface area (Å²) in [5, 5.41) is 10.6. The van der Waals surface area contributed by atoms with Crippen molar-refractivity contribution >= 4 is 54.5 Å². The maximum Gasteiger partial charge on any atom is 0.0487 e. The van der Waals surface area contributed by atoms with Gasteiger partial charge in [0.2, 0.25) is 0 Å². The first-order valence-corrected chi connectivity index (χ1v) is 21.2. The monoisotopic (exact) mass is 769 g/mol. The lowest BCUT2D eigenvalue weighted by atomic mass is 9.78. The Labute approximate surface area is 353 Å². The highest BCUT2D eigenvalue weighted by molar-refractivity contribution is 6.04. The molecule has 0 unspecified atom stereocenters. The molecule has 0 amide bonds. The lowest BCUT2D eigenvalue weighted by molar-refractivity contribution is 0.662. The maximum atomic E-state index is 2.43. The molecule has 0 atom stereocenters. The summed E-state index contributed by atoms with van der Waals surface area (Å²) < 4.78 is 0. The van der Waals surface area contributed by atoms with Gasteiger partial charge in [0.25, 0.3) is 0 Å². The Hall–Kier alpha value is -6.96. The van der Waals surface area contributed by atoms with E-state index < -0.39 is 0 Å². The zero-order valence-corrected chi connectivity index (χ0v) is 34.9. The van der Waals surface area contributed by atoms with E-state index in [-0.39, 0.29) is 10.8 Å². The van der Waals surface area contributed by atoms with Crippen molar-refractivity contribution in [3.63, 3.8) is 0 Å². The largest absolute Gasteiger partial charge is 0.344 e. The van der Waals surface area contributed by atoms with E-state index >= 15 is 0 Å². The molecule has 0 aromatic heterocycles. The van der Waals surface area contributed by atoms with Crippen LogP contribution >= 0.6 is 0 Å². The van der Waals surface area contributed by atoms with Crippen LogP contribution in [-0.4, -0.2) is 7.05 Å². The van der Waals surface area contributed by atoms with Gasteiger partial charge in [-0.05, 0) is 136 Å². The molecule has 0 aliphatic heterocycles. The van der Waals surface area contributed by atoms with Crippen molar-refractivity contribution in [1.82, 2.24) is 0 Å². The summed E-state index contributed by atoms with van der Waals surface area (Å²) >= 11 is 0. The molecule has 60 heavy (non-hydrogen) atoms. The Kier molecular flexibility index (Phi) is 8.16. The van der Waals surface area contributed by atoms with Crippen LogP contribution in [0.2, 0.25) is 0 Å². The predicted molar refractivity (Wildman–Crippen MR) is 258 cm³/mol. The highest BCUT2D eigenvalue weighted by atomic mass is 15.1. The number of fused-ring (bicyclic) bond motifs is 12. The normalized spacial score (nSPS) is 14.0. The summed E-state index contributed by atoms with van der Waals surface area (Å²) in [5.41, 5.74) is 16.2. The number of para-hydroxylation sites is 1. The number of nitrogens with zero attached hydrogens (tertiary/aromatic N) is 1. The van der Waals surface area contributed by atoms with Crippen molar-refractivity contribution in [2.24, 2.45) is 0 Å². The molecule has 0 saturated carbocycles. The van der Waals surface area contributed by atoms with E-state index in [9.17, 15) is 0 Å². The first kappa shape index (κ1) is 36.1. The second-order valence-electron chi connectivity index (χ2n) is 17.8.